The summed E-state index contributed by atoms with van der Waals surface area (Å²) in [7, 11) is 0. The van der Waals surface area contributed by atoms with E-state index in [-0.39, 0.29) is 29.1 Å². The number of carbonyl (C=O) groups is 2. The van der Waals surface area contributed by atoms with Crippen LogP contribution in [0.3, 0.4) is 0 Å². The molecule has 3 rings (SSSR count). The summed E-state index contributed by atoms with van der Waals surface area (Å²) in [4.78, 5) is 26.1. The van der Waals surface area contributed by atoms with Crippen molar-refractivity contribution in [3.05, 3.63) is 29.6 Å². The fourth-order valence-corrected chi connectivity index (χ4v) is 3.58. The van der Waals surface area contributed by atoms with Gasteiger partial charge in [0.05, 0.1) is 0 Å². The first kappa shape index (κ1) is 14.0. The van der Waals surface area contributed by atoms with Crippen molar-refractivity contribution < 1.29 is 19.1 Å². The molecule has 112 valence electrons. The Morgan fingerprint density at radius 1 is 1.29 bits per heavy atom. The summed E-state index contributed by atoms with van der Waals surface area (Å²) >= 11 is 0. The number of Topliss-reactive ketones (excluding diaryl/α,β-unsaturated/α-hetero) is 1. The molecule has 1 aliphatic carbocycles. The van der Waals surface area contributed by atoms with Crippen molar-refractivity contribution in [2.45, 2.75) is 38.1 Å². The SMILES string of the molecule is O=C1CCCC1C1CCCN1C(=O)c1c(O)cccc1F. The molecule has 2 unspecified atom stereocenters. The van der Waals surface area contributed by atoms with Gasteiger partial charge >= 0.3 is 0 Å². The van der Waals surface area contributed by atoms with Crippen LogP contribution in [0.15, 0.2) is 18.2 Å². The second-order valence-corrected chi connectivity index (χ2v) is 5.81. The van der Waals surface area contributed by atoms with E-state index in [0.717, 1.165) is 25.7 Å². The highest BCUT2D eigenvalue weighted by Gasteiger charge is 2.41. The van der Waals surface area contributed by atoms with E-state index in [1.165, 1.54) is 18.2 Å². The predicted molar refractivity (Wildman–Crippen MR) is 74.5 cm³/mol. The highest BCUT2D eigenvalue weighted by atomic mass is 19.1. The van der Waals surface area contributed by atoms with Gasteiger partial charge in [-0.3, -0.25) is 9.59 Å². The van der Waals surface area contributed by atoms with Crippen LogP contribution in [0.1, 0.15) is 42.5 Å². The summed E-state index contributed by atoms with van der Waals surface area (Å²) in [5.74, 6) is -1.48. The smallest absolute Gasteiger partial charge is 0.260 e. The van der Waals surface area contributed by atoms with E-state index in [2.05, 4.69) is 0 Å². The molecular weight excluding hydrogens is 273 g/mol. The lowest BCUT2D eigenvalue weighted by molar-refractivity contribution is -0.121. The quantitative estimate of drug-likeness (QED) is 0.911. The van der Waals surface area contributed by atoms with E-state index in [9.17, 15) is 19.1 Å². The zero-order chi connectivity index (χ0) is 15.0. The summed E-state index contributed by atoms with van der Waals surface area (Å²) in [5, 5.41) is 9.77. The molecule has 2 fully saturated rings. The minimum Gasteiger partial charge on any atom is -0.507 e. The van der Waals surface area contributed by atoms with Gasteiger partial charge in [-0.1, -0.05) is 6.07 Å². The molecule has 0 spiro atoms. The average molecular weight is 291 g/mol. The molecule has 4 nitrogen and oxygen atoms in total. The van der Waals surface area contributed by atoms with E-state index in [1.807, 2.05) is 0 Å². The number of rotatable bonds is 2. The predicted octanol–water partition coefficient (Wildman–Crippen LogP) is 2.51. The van der Waals surface area contributed by atoms with Crippen LogP contribution in [-0.4, -0.2) is 34.3 Å². The molecule has 0 aromatic heterocycles. The molecule has 1 aromatic rings. The maximum absolute atomic E-state index is 13.9. The largest absolute Gasteiger partial charge is 0.507 e. The van der Waals surface area contributed by atoms with Crippen molar-refractivity contribution in [3.8, 4) is 5.75 Å². The van der Waals surface area contributed by atoms with E-state index in [1.54, 1.807) is 4.90 Å². The molecular formula is C16H18FNO3. The minimum atomic E-state index is -0.719. The van der Waals surface area contributed by atoms with Gasteiger partial charge in [-0.15, -0.1) is 0 Å². The number of halogens is 1. The number of benzene rings is 1. The molecule has 1 aromatic carbocycles. The zero-order valence-electron chi connectivity index (χ0n) is 11.7. The number of hydrogen-bond acceptors (Lipinski definition) is 3. The van der Waals surface area contributed by atoms with Crippen molar-refractivity contribution in [3.63, 3.8) is 0 Å². The normalized spacial score (nSPS) is 25.6. The number of aromatic hydroxyl groups is 1. The lowest BCUT2D eigenvalue weighted by atomic mass is 9.94. The summed E-state index contributed by atoms with van der Waals surface area (Å²) in [5.41, 5.74) is -0.283. The third-order valence-corrected chi connectivity index (χ3v) is 4.58. The Labute approximate surface area is 122 Å². The van der Waals surface area contributed by atoms with Crippen LogP contribution >= 0.6 is 0 Å². The summed E-state index contributed by atoms with van der Waals surface area (Å²) in [6.45, 7) is 0.515. The number of hydrogen-bond donors (Lipinski definition) is 1. The van der Waals surface area contributed by atoms with Gasteiger partial charge in [0.15, 0.2) is 0 Å². The molecule has 21 heavy (non-hydrogen) atoms. The first-order valence-corrected chi connectivity index (χ1v) is 7.40. The number of nitrogens with zero attached hydrogens (tertiary/aromatic N) is 1. The van der Waals surface area contributed by atoms with E-state index < -0.39 is 11.7 Å². The van der Waals surface area contributed by atoms with Crippen LogP contribution < -0.4 is 0 Å². The molecule has 5 heteroatoms. The molecule has 1 N–H and O–H groups in total. The second kappa shape index (κ2) is 5.47. The van der Waals surface area contributed by atoms with Crippen molar-refractivity contribution in [1.29, 1.82) is 0 Å². The Morgan fingerprint density at radius 3 is 2.76 bits per heavy atom. The monoisotopic (exact) mass is 291 g/mol. The molecule has 2 atom stereocenters. The van der Waals surface area contributed by atoms with E-state index >= 15 is 0 Å². The maximum Gasteiger partial charge on any atom is 0.260 e. The molecule has 1 saturated carbocycles. The first-order valence-electron chi connectivity index (χ1n) is 7.40. The third kappa shape index (κ3) is 2.41. The lowest BCUT2D eigenvalue weighted by Gasteiger charge is -2.29. The molecule has 2 aliphatic rings. The number of amides is 1. The van der Waals surface area contributed by atoms with E-state index in [4.69, 9.17) is 0 Å². The standard InChI is InChI=1S/C16H18FNO3/c17-11-5-2-8-14(20)15(11)16(21)18-9-3-6-12(18)10-4-1-7-13(10)19/h2,5,8,10,12,20H,1,3-4,6-7,9H2. The van der Waals surface area contributed by atoms with Gasteiger partial charge in [0.2, 0.25) is 0 Å². The number of likely N-dealkylation sites (tertiary alicyclic amines) is 1. The lowest BCUT2D eigenvalue weighted by Crippen LogP contribution is -2.41. The van der Waals surface area contributed by atoms with Crippen LogP contribution in [0.5, 0.6) is 5.75 Å². The Kier molecular flexibility index (Phi) is 3.66. The minimum absolute atomic E-state index is 0.120. The average Bonchev–Trinajstić information content (AvgIpc) is 3.06. The summed E-state index contributed by atoms with van der Waals surface area (Å²) < 4.78 is 13.9. The topological polar surface area (TPSA) is 57.6 Å². The number of phenolic OH excluding ortho intramolecular Hbond substituents is 1. The second-order valence-electron chi connectivity index (χ2n) is 5.81. The Hall–Kier alpha value is -1.91. The van der Waals surface area contributed by atoms with Crippen molar-refractivity contribution in [2.75, 3.05) is 6.54 Å². The van der Waals surface area contributed by atoms with Crippen LogP contribution in [0, 0.1) is 11.7 Å². The van der Waals surface area contributed by atoms with Crippen molar-refractivity contribution in [1.82, 2.24) is 4.90 Å². The fraction of sp³-hybridized carbons (Fsp3) is 0.500. The highest BCUT2D eigenvalue weighted by Crippen LogP contribution is 2.35. The molecule has 1 heterocycles. The van der Waals surface area contributed by atoms with Gasteiger partial charge in [0.25, 0.3) is 5.91 Å². The zero-order valence-corrected chi connectivity index (χ0v) is 11.7. The molecule has 0 bridgehead atoms. The third-order valence-electron chi connectivity index (χ3n) is 4.58. The summed E-state index contributed by atoms with van der Waals surface area (Å²) in [6.07, 6.45) is 3.84. The van der Waals surface area contributed by atoms with Crippen LogP contribution in [-0.2, 0) is 4.79 Å². The van der Waals surface area contributed by atoms with Gasteiger partial charge in [0, 0.05) is 24.9 Å². The Bertz CT molecular complexity index is 567. The number of phenols is 1. The van der Waals surface area contributed by atoms with Crippen LogP contribution in [0.4, 0.5) is 4.39 Å². The molecule has 1 amide bonds. The van der Waals surface area contributed by atoms with Gasteiger partial charge in [-0.05, 0) is 37.8 Å². The summed E-state index contributed by atoms with van der Waals surface area (Å²) in [6, 6.07) is 3.69. The van der Waals surface area contributed by atoms with Gasteiger partial charge in [-0.2, -0.15) is 0 Å². The van der Waals surface area contributed by atoms with Gasteiger partial charge in [-0.25, -0.2) is 4.39 Å². The van der Waals surface area contributed by atoms with Crippen molar-refractivity contribution >= 4 is 11.7 Å². The van der Waals surface area contributed by atoms with Crippen LogP contribution in [0.25, 0.3) is 0 Å². The van der Waals surface area contributed by atoms with Gasteiger partial charge < -0.3 is 10.0 Å². The highest BCUT2D eigenvalue weighted by molar-refractivity contribution is 5.98. The molecule has 0 radical (unpaired) electrons. The van der Waals surface area contributed by atoms with Crippen molar-refractivity contribution in [2.24, 2.45) is 5.92 Å². The van der Waals surface area contributed by atoms with Gasteiger partial charge in [0.1, 0.15) is 22.9 Å². The van der Waals surface area contributed by atoms with Crippen LogP contribution in [0.2, 0.25) is 0 Å². The number of carbonyl (C=O) groups excluding carboxylic acids is 2. The van der Waals surface area contributed by atoms with E-state index in [0.29, 0.717) is 13.0 Å². The molecule has 1 aliphatic heterocycles. The Balaban J connectivity index is 1.88. The maximum atomic E-state index is 13.9. The fourth-order valence-electron chi connectivity index (χ4n) is 3.58. The Morgan fingerprint density at radius 2 is 2.10 bits per heavy atom. The molecule has 1 saturated heterocycles. The number of ketones is 1. The first-order chi connectivity index (χ1) is 10.1.